The summed E-state index contributed by atoms with van der Waals surface area (Å²) < 4.78 is 5.64. The summed E-state index contributed by atoms with van der Waals surface area (Å²) in [5.74, 6) is -2.00. The maximum Gasteiger partial charge on any atom is 0.258 e. The maximum absolute atomic E-state index is 13.2. The van der Waals surface area contributed by atoms with Crippen molar-refractivity contribution in [3.05, 3.63) is 11.6 Å². The Hall–Kier alpha value is -2.79. The molecule has 1 rings (SSSR count). The fourth-order valence-corrected chi connectivity index (χ4v) is 4.39. The molecule has 4 amide bonds. The molecular weight excluding hydrogens is 500 g/mol. The van der Waals surface area contributed by atoms with Crippen molar-refractivity contribution in [1.82, 2.24) is 26.4 Å². The number of hydrazine groups is 1. The largest absolute Gasteiger partial charge is 0.381 e. The van der Waals surface area contributed by atoms with Gasteiger partial charge in [-0.25, -0.2) is 5.43 Å². The topological polar surface area (TPSA) is 141 Å². The van der Waals surface area contributed by atoms with Crippen LogP contribution in [0.4, 0.5) is 0 Å². The van der Waals surface area contributed by atoms with Gasteiger partial charge in [0.2, 0.25) is 17.7 Å². The van der Waals surface area contributed by atoms with E-state index in [0.29, 0.717) is 32.2 Å². The molecule has 0 spiro atoms. The number of carbonyl (C=O) groups is 4. The number of allylic oxidation sites excluding steroid dienone is 2. The van der Waals surface area contributed by atoms with Gasteiger partial charge in [0, 0.05) is 33.5 Å². The second-order valence-electron chi connectivity index (χ2n) is 10.5. The predicted octanol–water partition coefficient (Wildman–Crippen LogP) is 1.73. The summed E-state index contributed by atoms with van der Waals surface area (Å²) in [7, 11) is 4.88. The van der Waals surface area contributed by atoms with Crippen LogP contribution < -0.4 is 21.4 Å². The number of hydrogen-bond donors (Lipinski definition) is 4. The van der Waals surface area contributed by atoms with Crippen LogP contribution in [0.3, 0.4) is 0 Å². The van der Waals surface area contributed by atoms with Crippen LogP contribution in [0, 0.1) is 11.8 Å². The van der Waals surface area contributed by atoms with Gasteiger partial charge in [0.05, 0.1) is 12.0 Å². The van der Waals surface area contributed by atoms with E-state index in [-0.39, 0.29) is 29.7 Å². The van der Waals surface area contributed by atoms with Crippen LogP contribution in [-0.4, -0.2) is 86.3 Å². The number of amides is 4. The maximum atomic E-state index is 13.2. The summed E-state index contributed by atoms with van der Waals surface area (Å²) in [6.07, 6.45) is 5.22. The zero-order valence-electron chi connectivity index (χ0n) is 25.2. The minimum Gasteiger partial charge on any atom is -0.381 e. The third-order valence-electron chi connectivity index (χ3n) is 7.21. The van der Waals surface area contributed by atoms with Gasteiger partial charge in [-0.15, -0.1) is 0 Å². The smallest absolute Gasteiger partial charge is 0.258 e. The Balaban J connectivity index is 2.80. The van der Waals surface area contributed by atoms with E-state index < -0.39 is 30.0 Å². The summed E-state index contributed by atoms with van der Waals surface area (Å²) in [4.78, 5) is 55.6. The van der Waals surface area contributed by atoms with Gasteiger partial charge >= 0.3 is 0 Å². The van der Waals surface area contributed by atoms with E-state index in [1.165, 1.54) is 10.6 Å². The molecule has 1 aliphatic rings. The monoisotopic (exact) mass is 550 g/mol. The Morgan fingerprint density at radius 2 is 1.79 bits per heavy atom. The van der Waals surface area contributed by atoms with Gasteiger partial charge < -0.3 is 20.7 Å². The molecule has 0 aliphatic carbocycles. The molecule has 0 aromatic heterocycles. The molecule has 1 aliphatic heterocycles. The highest BCUT2D eigenvalue weighted by Crippen LogP contribution is 2.16. The van der Waals surface area contributed by atoms with E-state index >= 15 is 0 Å². The molecule has 0 bridgehead atoms. The van der Waals surface area contributed by atoms with Crippen molar-refractivity contribution >= 4 is 29.3 Å². The van der Waals surface area contributed by atoms with Crippen molar-refractivity contribution in [2.75, 3.05) is 27.7 Å². The number of hydrogen-bond acceptors (Lipinski definition) is 7. The SMILES string of the molecule is CC/C(C)=C\C(CC[C@@H](OC)[C@@H](C)C(=O)N[C@H](C(=O)N[C@@H](C)C(=O)N1CCC[C@@H](C(=O)NC)N1)C(C)C)=NC. The van der Waals surface area contributed by atoms with E-state index in [2.05, 4.69) is 46.3 Å². The molecule has 0 radical (unpaired) electrons. The molecule has 5 atom stereocenters. The summed E-state index contributed by atoms with van der Waals surface area (Å²) in [5, 5.41) is 9.56. The second-order valence-corrected chi connectivity index (χ2v) is 10.5. The summed E-state index contributed by atoms with van der Waals surface area (Å²) in [6, 6.07) is -2.18. The van der Waals surface area contributed by atoms with E-state index in [1.54, 1.807) is 35.1 Å². The molecule has 0 aromatic rings. The number of aliphatic imine (C=N–C) groups is 1. The third-order valence-corrected chi connectivity index (χ3v) is 7.21. The van der Waals surface area contributed by atoms with E-state index in [9.17, 15) is 19.2 Å². The lowest BCUT2D eigenvalue weighted by molar-refractivity contribution is -0.143. The standard InChI is InChI=1S/C28H50N6O5/c1-10-18(4)16-21(29-7)13-14-23(39-9)19(5)25(35)32-24(17(2)3)27(37)31-20(6)28(38)34-15-11-12-22(33-34)26(36)30-8/h16-17,19-20,22-24,33H,10-15H2,1-9H3,(H,30,36)(H,31,37)(H,32,35)/b18-16-,29-21?/t19-,20+,22+,23-,24+/m1/s1. The number of nitrogens with zero attached hydrogens (tertiary/aromatic N) is 2. The molecule has 1 saturated heterocycles. The molecule has 11 heteroatoms. The summed E-state index contributed by atoms with van der Waals surface area (Å²) in [5.41, 5.74) is 5.12. The van der Waals surface area contributed by atoms with Gasteiger partial charge in [0.1, 0.15) is 18.1 Å². The quantitative estimate of drug-likeness (QED) is 0.243. The summed E-state index contributed by atoms with van der Waals surface area (Å²) in [6.45, 7) is 11.6. The first-order valence-electron chi connectivity index (χ1n) is 13.9. The van der Waals surface area contributed by atoms with Crippen LogP contribution in [0.2, 0.25) is 0 Å². The Labute approximate surface area is 233 Å². The first-order chi connectivity index (χ1) is 18.4. The van der Waals surface area contributed by atoms with Crippen molar-refractivity contribution in [1.29, 1.82) is 0 Å². The molecule has 4 N–H and O–H groups in total. The Kier molecular flexibility index (Phi) is 14.9. The van der Waals surface area contributed by atoms with Gasteiger partial charge in [-0.3, -0.25) is 29.2 Å². The number of methoxy groups -OCH3 is 1. The fraction of sp³-hybridized carbons (Fsp3) is 0.750. The van der Waals surface area contributed by atoms with Crippen LogP contribution in [0.25, 0.3) is 0 Å². The number of rotatable bonds is 14. The van der Waals surface area contributed by atoms with Crippen LogP contribution in [0.15, 0.2) is 16.6 Å². The zero-order valence-corrected chi connectivity index (χ0v) is 25.2. The molecule has 0 saturated carbocycles. The van der Waals surface area contributed by atoms with Gasteiger partial charge in [-0.05, 0) is 57.9 Å². The highest BCUT2D eigenvalue weighted by atomic mass is 16.5. The minimum atomic E-state index is -0.845. The van der Waals surface area contributed by atoms with Crippen molar-refractivity contribution in [2.24, 2.45) is 16.8 Å². The lowest BCUT2D eigenvalue weighted by atomic mass is 9.95. The lowest BCUT2D eigenvalue weighted by Crippen LogP contribution is -2.61. The molecule has 1 heterocycles. The van der Waals surface area contributed by atoms with Crippen LogP contribution in [0.5, 0.6) is 0 Å². The van der Waals surface area contributed by atoms with Gasteiger partial charge in [-0.2, -0.15) is 0 Å². The van der Waals surface area contributed by atoms with Crippen molar-refractivity contribution in [3.63, 3.8) is 0 Å². The van der Waals surface area contributed by atoms with E-state index in [1.807, 2.05) is 13.8 Å². The average molecular weight is 551 g/mol. The number of likely N-dealkylation sites (N-methyl/N-ethyl adjacent to an activating group) is 1. The van der Waals surface area contributed by atoms with E-state index in [0.717, 1.165) is 12.1 Å². The average Bonchev–Trinajstić information content (AvgIpc) is 2.93. The lowest BCUT2D eigenvalue weighted by Gasteiger charge is -2.35. The molecule has 0 aromatic carbocycles. The Morgan fingerprint density at radius 1 is 1.13 bits per heavy atom. The van der Waals surface area contributed by atoms with Crippen LogP contribution >= 0.6 is 0 Å². The van der Waals surface area contributed by atoms with Gasteiger partial charge in [0.25, 0.3) is 5.91 Å². The number of ether oxygens (including phenoxy) is 1. The predicted molar refractivity (Wildman–Crippen MR) is 153 cm³/mol. The first kappa shape index (κ1) is 34.2. The zero-order chi connectivity index (χ0) is 29.7. The third kappa shape index (κ3) is 10.7. The molecule has 39 heavy (non-hydrogen) atoms. The van der Waals surface area contributed by atoms with Gasteiger partial charge in [0.15, 0.2) is 0 Å². The minimum absolute atomic E-state index is 0.194. The first-order valence-corrected chi connectivity index (χ1v) is 13.9. The Morgan fingerprint density at radius 3 is 2.33 bits per heavy atom. The van der Waals surface area contributed by atoms with Crippen molar-refractivity contribution < 1.29 is 23.9 Å². The molecule has 0 unspecified atom stereocenters. The molecular formula is C28H50N6O5. The van der Waals surface area contributed by atoms with Crippen molar-refractivity contribution in [3.8, 4) is 0 Å². The Bertz CT molecular complexity index is 903. The fourth-order valence-electron chi connectivity index (χ4n) is 4.39. The highest BCUT2D eigenvalue weighted by molar-refractivity contribution is 5.95. The van der Waals surface area contributed by atoms with Crippen molar-refractivity contribution in [2.45, 2.75) is 97.9 Å². The van der Waals surface area contributed by atoms with Gasteiger partial charge in [-0.1, -0.05) is 33.3 Å². The highest BCUT2D eigenvalue weighted by Gasteiger charge is 2.33. The summed E-state index contributed by atoms with van der Waals surface area (Å²) >= 11 is 0. The molecule has 11 nitrogen and oxygen atoms in total. The van der Waals surface area contributed by atoms with Crippen LogP contribution in [0.1, 0.15) is 73.6 Å². The normalized spacial score (nSPS) is 19.6. The number of nitrogens with one attached hydrogen (secondary N) is 4. The second kappa shape index (κ2) is 17.0. The van der Waals surface area contributed by atoms with E-state index in [4.69, 9.17) is 4.74 Å². The number of carbonyl (C=O) groups excluding carboxylic acids is 4. The molecule has 1 fully saturated rings. The molecule has 222 valence electrons. The van der Waals surface area contributed by atoms with Crippen LogP contribution in [-0.2, 0) is 23.9 Å².